The second-order valence-corrected chi connectivity index (χ2v) is 4.71. The van der Waals surface area contributed by atoms with Crippen LogP contribution in [0.5, 0.6) is 0 Å². The van der Waals surface area contributed by atoms with Crippen LogP contribution in [0.4, 0.5) is 5.69 Å². The summed E-state index contributed by atoms with van der Waals surface area (Å²) < 4.78 is 5.52. The zero-order valence-electron chi connectivity index (χ0n) is 11.9. The Balaban J connectivity index is 1.73. The fourth-order valence-electron chi connectivity index (χ4n) is 1.86. The zero-order valence-corrected chi connectivity index (χ0v) is 11.9. The summed E-state index contributed by atoms with van der Waals surface area (Å²) in [5.41, 5.74) is 9.91. The van der Waals surface area contributed by atoms with Gasteiger partial charge in [-0.25, -0.2) is 5.43 Å². The van der Waals surface area contributed by atoms with Crippen molar-refractivity contribution in [2.75, 3.05) is 12.0 Å². The van der Waals surface area contributed by atoms with Crippen molar-refractivity contribution >= 4 is 5.69 Å². The fourth-order valence-corrected chi connectivity index (χ4v) is 1.86. The van der Waals surface area contributed by atoms with Gasteiger partial charge in [-0.3, -0.25) is 0 Å². The van der Waals surface area contributed by atoms with Crippen LogP contribution in [0.3, 0.4) is 0 Å². The predicted molar refractivity (Wildman–Crippen MR) is 83.3 cm³/mol. The van der Waals surface area contributed by atoms with Crippen LogP contribution in [-0.2, 0) is 17.9 Å². The predicted octanol–water partition coefficient (Wildman–Crippen LogP) is 3.73. The van der Waals surface area contributed by atoms with Gasteiger partial charge in [0.05, 0.1) is 6.61 Å². The highest BCUT2D eigenvalue weighted by Crippen LogP contribution is 2.07. The average Bonchev–Trinajstić information content (AvgIpc) is 2.50. The van der Waals surface area contributed by atoms with E-state index in [-0.39, 0.29) is 0 Å². The fraction of sp³-hybridized carbons (Fsp3) is 0.294. The van der Waals surface area contributed by atoms with Gasteiger partial charge in [-0.05, 0) is 29.7 Å². The first-order chi connectivity index (χ1) is 9.88. The van der Waals surface area contributed by atoms with E-state index < -0.39 is 0 Å². The molecule has 0 atom stereocenters. The van der Waals surface area contributed by atoms with E-state index in [0.29, 0.717) is 6.61 Å². The van der Waals surface area contributed by atoms with E-state index in [9.17, 15) is 0 Å². The van der Waals surface area contributed by atoms with Crippen LogP contribution in [0, 0.1) is 0 Å². The molecular formula is C17H22N2O. The quantitative estimate of drug-likeness (QED) is 0.566. The highest BCUT2D eigenvalue weighted by Gasteiger charge is 1.95. The number of anilines is 1. The van der Waals surface area contributed by atoms with Crippen LogP contribution in [0.25, 0.3) is 0 Å². The van der Waals surface area contributed by atoms with Crippen molar-refractivity contribution in [1.29, 1.82) is 0 Å². The molecule has 0 aliphatic heterocycles. The number of hydrazine groups is 1. The first-order valence-corrected chi connectivity index (χ1v) is 7.08. The van der Waals surface area contributed by atoms with Crippen LogP contribution < -0.4 is 10.9 Å². The summed E-state index contributed by atoms with van der Waals surface area (Å²) in [4.78, 5) is 0. The molecule has 2 aromatic rings. The van der Waals surface area contributed by atoms with E-state index in [0.717, 1.165) is 25.3 Å². The topological polar surface area (TPSA) is 33.3 Å². The smallest absolute Gasteiger partial charge is 0.0716 e. The Morgan fingerprint density at radius 3 is 2.30 bits per heavy atom. The van der Waals surface area contributed by atoms with Gasteiger partial charge >= 0.3 is 0 Å². The SMILES string of the molecule is CCCOCc1ccc(CNNc2ccccc2)cc1. The van der Waals surface area contributed by atoms with Crippen molar-refractivity contribution in [1.82, 2.24) is 5.43 Å². The van der Waals surface area contributed by atoms with Gasteiger partial charge in [0.25, 0.3) is 0 Å². The molecule has 0 saturated carbocycles. The standard InChI is InChI=1S/C17H22N2O/c1-2-12-20-14-16-10-8-15(9-11-16)13-18-19-17-6-4-3-5-7-17/h3-11,18-19H,2,12-14H2,1H3. The number of para-hydroxylation sites is 1. The van der Waals surface area contributed by atoms with E-state index in [1.165, 1.54) is 11.1 Å². The molecule has 0 radical (unpaired) electrons. The van der Waals surface area contributed by atoms with E-state index in [4.69, 9.17) is 4.74 Å². The van der Waals surface area contributed by atoms with E-state index in [1.54, 1.807) is 0 Å². The van der Waals surface area contributed by atoms with Gasteiger partial charge in [-0.1, -0.05) is 49.4 Å². The summed E-state index contributed by atoms with van der Waals surface area (Å²) >= 11 is 0. The maximum Gasteiger partial charge on any atom is 0.0716 e. The lowest BCUT2D eigenvalue weighted by molar-refractivity contribution is 0.121. The summed E-state index contributed by atoms with van der Waals surface area (Å²) in [6.07, 6.45) is 1.06. The van der Waals surface area contributed by atoms with Crippen molar-refractivity contribution in [2.24, 2.45) is 0 Å². The minimum absolute atomic E-state index is 0.698. The summed E-state index contributed by atoms with van der Waals surface area (Å²) in [6, 6.07) is 18.6. The summed E-state index contributed by atoms with van der Waals surface area (Å²) in [5.74, 6) is 0. The molecule has 0 aliphatic rings. The Hall–Kier alpha value is -1.84. The van der Waals surface area contributed by atoms with Crippen LogP contribution in [0.15, 0.2) is 54.6 Å². The monoisotopic (exact) mass is 270 g/mol. The van der Waals surface area contributed by atoms with Gasteiger partial charge < -0.3 is 10.2 Å². The van der Waals surface area contributed by atoms with Crippen LogP contribution in [-0.4, -0.2) is 6.61 Å². The van der Waals surface area contributed by atoms with Crippen LogP contribution in [0.1, 0.15) is 24.5 Å². The Morgan fingerprint density at radius 1 is 0.900 bits per heavy atom. The van der Waals surface area contributed by atoms with Gasteiger partial charge in [-0.2, -0.15) is 0 Å². The molecule has 0 aromatic heterocycles. The summed E-state index contributed by atoms with van der Waals surface area (Å²) in [6.45, 7) is 4.42. The lowest BCUT2D eigenvalue weighted by Gasteiger charge is -2.09. The van der Waals surface area contributed by atoms with E-state index >= 15 is 0 Å². The number of nitrogens with one attached hydrogen (secondary N) is 2. The molecule has 0 aliphatic carbocycles. The number of benzene rings is 2. The van der Waals surface area contributed by atoms with Crippen LogP contribution >= 0.6 is 0 Å². The Kier molecular flexibility index (Phi) is 6.08. The molecule has 0 saturated heterocycles. The van der Waals surface area contributed by atoms with Gasteiger partial charge in [0, 0.05) is 18.8 Å². The molecule has 0 heterocycles. The number of ether oxygens (including phenoxy) is 1. The Labute approximate surface area is 120 Å². The Bertz CT molecular complexity index is 482. The number of rotatable bonds is 8. The molecule has 2 rings (SSSR count). The second kappa shape index (κ2) is 8.35. The van der Waals surface area contributed by atoms with Gasteiger partial charge in [0.1, 0.15) is 0 Å². The lowest BCUT2D eigenvalue weighted by atomic mass is 10.1. The highest BCUT2D eigenvalue weighted by molar-refractivity contribution is 5.41. The lowest BCUT2D eigenvalue weighted by Crippen LogP contribution is -2.20. The normalized spacial score (nSPS) is 10.4. The van der Waals surface area contributed by atoms with Crippen molar-refractivity contribution in [2.45, 2.75) is 26.5 Å². The molecule has 0 bridgehead atoms. The third-order valence-corrected chi connectivity index (χ3v) is 2.94. The third-order valence-electron chi connectivity index (χ3n) is 2.94. The van der Waals surface area contributed by atoms with Crippen molar-refractivity contribution < 1.29 is 4.74 Å². The highest BCUT2D eigenvalue weighted by atomic mass is 16.5. The van der Waals surface area contributed by atoms with Gasteiger partial charge in [-0.15, -0.1) is 0 Å². The molecular weight excluding hydrogens is 248 g/mol. The molecule has 2 N–H and O–H groups in total. The molecule has 106 valence electrons. The van der Waals surface area contributed by atoms with Crippen molar-refractivity contribution in [3.8, 4) is 0 Å². The minimum atomic E-state index is 0.698. The molecule has 20 heavy (non-hydrogen) atoms. The number of hydrogen-bond acceptors (Lipinski definition) is 3. The van der Waals surface area contributed by atoms with Gasteiger partial charge in [0.15, 0.2) is 0 Å². The molecule has 3 heteroatoms. The molecule has 3 nitrogen and oxygen atoms in total. The minimum Gasteiger partial charge on any atom is -0.377 e. The van der Waals surface area contributed by atoms with Crippen LogP contribution in [0.2, 0.25) is 0 Å². The maximum absolute atomic E-state index is 5.52. The van der Waals surface area contributed by atoms with Gasteiger partial charge in [0.2, 0.25) is 0 Å². The second-order valence-electron chi connectivity index (χ2n) is 4.71. The summed E-state index contributed by atoms with van der Waals surface area (Å²) in [7, 11) is 0. The van der Waals surface area contributed by atoms with E-state index in [1.807, 2.05) is 30.3 Å². The molecule has 0 amide bonds. The average molecular weight is 270 g/mol. The van der Waals surface area contributed by atoms with Crippen molar-refractivity contribution in [3.05, 3.63) is 65.7 Å². The molecule has 2 aromatic carbocycles. The summed E-state index contributed by atoms with van der Waals surface area (Å²) in [5, 5.41) is 0. The van der Waals surface area contributed by atoms with E-state index in [2.05, 4.69) is 42.0 Å². The molecule has 0 unspecified atom stereocenters. The molecule has 0 spiro atoms. The zero-order chi connectivity index (χ0) is 14.0. The first kappa shape index (κ1) is 14.6. The first-order valence-electron chi connectivity index (χ1n) is 7.08. The largest absolute Gasteiger partial charge is 0.377 e. The third kappa shape index (κ3) is 5.03. The Morgan fingerprint density at radius 2 is 1.60 bits per heavy atom. The number of hydrogen-bond donors (Lipinski definition) is 2. The molecule has 0 fully saturated rings. The maximum atomic E-state index is 5.52. The van der Waals surface area contributed by atoms with Crippen molar-refractivity contribution in [3.63, 3.8) is 0 Å².